The Labute approximate surface area is 128 Å². The van der Waals surface area contributed by atoms with Gasteiger partial charge in [0.25, 0.3) is 0 Å². The van der Waals surface area contributed by atoms with Crippen LogP contribution in [0.3, 0.4) is 0 Å². The van der Waals surface area contributed by atoms with Gasteiger partial charge in [-0.2, -0.15) is 0 Å². The van der Waals surface area contributed by atoms with Crippen LogP contribution in [0.25, 0.3) is 0 Å². The molecule has 1 aliphatic heterocycles. The van der Waals surface area contributed by atoms with Crippen molar-refractivity contribution < 1.29 is 14.3 Å². The Morgan fingerprint density at radius 1 is 1.40 bits per heavy atom. The molecule has 0 amide bonds. The topological polar surface area (TPSA) is 35.5 Å². The zero-order chi connectivity index (χ0) is 14.7. The molecule has 0 aromatic heterocycles. The number of alkyl halides is 1. The van der Waals surface area contributed by atoms with E-state index in [2.05, 4.69) is 22.9 Å². The summed E-state index contributed by atoms with van der Waals surface area (Å²) in [5.74, 6) is 1.54. The number of hydrogen-bond donors (Lipinski definition) is 0. The zero-order valence-electron chi connectivity index (χ0n) is 12.0. The minimum Gasteiger partial charge on any atom is -0.489 e. The zero-order valence-corrected chi connectivity index (χ0v) is 13.6. The van der Waals surface area contributed by atoms with E-state index in [0.29, 0.717) is 22.8 Å². The number of allylic oxidation sites excluding steroid dienone is 2. The predicted molar refractivity (Wildman–Crippen MR) is 82.9 cm³/mol. The molecule has 0 aliphatic carbocycles. The molecule has 4 heteroatoms. The standard InChI is InChI=1S/C16H19BrO3/c1-4-6-11(9-17)19-12-7-5-8-13-14(12)15(18)16(20-13)10(2)3/h5,7-8,11H,4,6,9H2,1-3H3. The van der Waals surface area contributed by atoms with Gasteiger partial charge in [0, 0.05) is 5.33 Å². The van der Waals surface area contributed by atoms with E-state index in [-0.39, 0.29) is 11.9 Å². The van der Waals surface area contributed by atoms with Crippen LogP contribution in [0, 0.1) is 0 Å². The maximum absolute atomic E-state index is 12.4. The van der Waals surface area contributed by atoms with E-state index in [1.807, 2.05) is 26.0 Å². The number of rotatable bonds is 5. The molecule has 0 saturated heterocycles. The third kappa shape index (κ3) is 2.90. The summed E-state index contributed by atoms with van der Waals surface area (Å²) >= 11 is 3.45. The first-order chi connectivity index (χ1) is 9.58. The fourth-order valence-corrected chi connectivity index (χ4v) is 2.64. The van der Waals surface area contributed by atoms with Gasteiger partial charge >= 0.3 is 0 Å². The van der Waals surface area contributed by atoms with Gasteiger partial charge in [0.05, 0.1) is 0 Å². The van der Waals surface area contributed by atoms with Crippen molar-refractivity contribution in [2.24, 2.45) is 0 Å². The fraction of sp³-hybridized carbons (Fsp3) is 0.438. The van der Waals surface area contributed by atoms with E-state index < -0.39 is 0 Å². The summed E-state index contributed by atoms with van der Waals surface area (Å²) in [6, 6.07) is 5.49. The maximum Gasteiger partial charge on any atom is 0.235 e. The number of fused-ring (bicyclic) bond motifs is 1. The van der Waals surface area contributed by atoms with E-state index in [1.165, 1.54) is 0 Å². The maximum atomic E-state index is 12.4. The number of ether oxygens (including phenoxy) is 2. The molecule has 1 aliphatic rings. The lowest BCUT2D eigenvalue weighted by atomic mass is 10.1. The first-order valence-corrected chi connectivity index (χ1v) is 7.96. The van der Waals surface area contributed by atoms with Crippen LogP contribution in [0.15, 0.2) is 29.5 Å². The molecule has 0 radical (unpaired) electrons. The van der Waals surface area contributed by atoms with Crippen molar-refractivity contribution >= 4 is 21.7 Å². The van der Waals surface area contributed by atoms with Crippen LogP contribution in [0.5, 0.6) is 11.5 Å². The van der Waals surface area contributed by atoms with Gasteiger partial charge in [-0.1, -0.05) is 35.3 Å². The van der Waals surface area contributed by atoms with Crippen LogP contribution in [0.1, 0.15) is 44.0 Å². The van der Waals surface area contributed by atoms with Gasteiger partial charge < -0.3 is 9.47 Å². The van der Waals surface area contributed by atoms with Crippen molar-refractivity contribution in [3.8, 4) is 11.5 Å². The number of Topliss-reactive ketones (excluding diaryl/α,β-unsaturated/α-hetero) is 1. The molecular formula is C16H19BrO3. The lowest BCUT2D eigenvalue weighted by Gasteiger charge is -2.17. The van der Waals surface area contributed by atoms with Gasteiger partial charge in [-0.05, 0) is 38.0 Å². The van der Waals surface area contributed by atoms with Crippen molar-refractivity contribution in [3.05, 3.63) is 35.1 Å². The van der Waals surface area contributed by atoms with Gasteiger partial charge in [-0.25, -0.2) is 0 Å². The largest absolute Gasteiger partial charge is 0.489 e. The minimum absolute atomic E-state index is 0.0649. The number of hydrogen-bond acceptors (Lipinski definition) is 3. The Balaban J connectivity index is 2.34. The molecule has 0 N–H and O–H groups in total. The summed E-state index contributed by atoms with van der Waals surface area (Å²) in [7, 11) is 0. The monoisotopic (exact) mass is 338 g/mol. The normalized spacial score (nSPS) is 14.8. The average molecular weight is 339 g/mol. The first-order valence-electron chi connectivity index (χ1n) is 6.84. The van der Waals surface area contributed by atoms with E-state index in [0.717, 1.165) is 23.7 Å². The highest BCUT2D eigenvalue weighted by molar-refractivity contribution is 9.09. The number of carbonyl (C=O) groups excluding carboxylic acids is 1. The van der Waals surface area contributed by atoms with Gasteiger partial charge in [0.2, 0.25) is 5.78 Å². The summed E-state index contributed by atoms with van der Waals surface area (Å²) in [5, 5.41) is 0.745. The molecule has 20 heavy (non-hydrogen) atoms. The Kier molecular flexibility index (Phi) is 4.86. The van der Waals surface area contributed by atoms with E-state index in [4.69, 9.17) is 9.47 Å². The SMILES string of the molecule is CCCC(CBr)Oc1cccc2c1C(=O)C(=C(C)C)O2. The van der Waals surface area contributed by atoms with Gasteiger partial charge in [0.1, 0.15) is 23.2 Å². The lowest BCUT2D eigenvalue weighted by molar-refractivity contribution is 0.101. The average Bonchev–Trinajstić information content (AvgIpc) is 2.77. The number of carbonyl (C=O) groups is 1. The summed E-state index contributed by atoms with van der Waals surface area (Å²) < 4.78 is 11.6. The molecule has 1 heterocycles. The van der Waals surface area contributed by atoms with Crippen molar-refractivity contribution in [2.75, 3.05) is 5.33 Å². The van der Waals surface area contributed by atoms with Crippen LogP contribution >= 0.6 is 15.9 Å². The Hall–Kier alpha value is -1.29. The van der Waals surface area contributed by atoms with Crippen molar-refractivity contribution in [1.82, 2.24) is 0 Å². The molecule has 0 saturated carbocycles. The van der Waals surface area contributed by atoms with E-state index in [9.17, 15) is 4.79 Å². The summed E-state index contributed by atoms with van der Waals surface area (Å²) in [5.41, 5.74) is 1.42. The van der Waals surface area contributed by atoms with Crippen molar-refractivity contribution in [3.63, 3.8) is 0 Å². The van der Waals surface area contributed by atoms with Gasteiger partial charge in [0.15, 0.2) is 5.76 Å². The van der Waals surface area contributed by atoms with Crippen LogP contribution in [-0.2, 0) is 0 Å². The second kappa shape index (κ2) is 6.44. The van der Waals surface area contributed by atoms with Crippen LogP contribution < -0.4 is 9.47 Å². The Morgan fingerprint density at radius 2 is 2.15 bits per heavy atom. The highest BCUT2D eigenvalue weighted by atomic mass is 79.9. The molecule has 3 nitrogen and oxygen atoms in total. The lowest BCUT2D eigenvalue weighted by Crippen LogP contribution is -2.18. The Bertz CT molecular complexity index is 545. The summed E-state index contributed by atoms with van der Waals surface area (Å²) in [6.45, 7) is 5.86. The van der Waals surface area contributed by atoms with Crippen LogP contribution in [-0.4, -0.2) is 17.2 Å². The molecular weight excluding hydrogens is 320 g/mol. The molecule has 0 bridgehead atoms. The Morgan fingerprint density at radius 3 is 2.75 bits per heavy atom. The molecule has 1 aromatic carbocycles. The number of halogens is 1. The molecule has 1 atom stereocenters. The molecule has 1 aromatic rings. The molecule has 0 fully saturated rings. The number of benzene rings is 1. The van der Waals surface area contributed by atoms with Gasteiger partial charge in [-0.15, -0.1) is 0 Å². The van der Waals surface area contributed by atoms with Crippen molar-refractivity contribution in [2.45, 2.75) is 39.7 Å². The quantitative estimate of drug-likeness (QED) is 0.585. The fourth-order valence-electron chi connectivity index (χ4n) is 2.19. The summed E-state index contributed by atoms with van der Waals surface area (Å²) in [6.07, 6.45) is 2.05. The second-order valence-electron chi connectivity index (χ2n) is 5.07. The van der Waals surface area contributed by atoms with Crippen LogP contribution in [0.2, 0.25) is 0 Å². The first kappa shape index (κ1) is 15.1. The van der Waals surface area contributed by atoms with Crippen LogP contribution in [0.4, 0.5) is 0 Å². The summed E-state index contributed by atoms with van der Waals surface area (Å²) in [4.78, 5) is 12.4. The highest BCUT2D eigenvalue weighted by Crippen LogP contribution is 2.39. The minimum atomic E-state index is -0.0829. The van der Waals surface area contributed by atoms with E-state index in [1.54, 1.807) is 6.07 Å². The molecule has 2 rings (SSSR count). The molecule has 108 valence electrons. The van der Waals surface area contributed by atoms with Crippen molar-refractivity contribution in [1.29, 1.82) is 0 Å². The number of ketones is 1. The van der Waals surface area contributed by atoms with E-state index >= 15 is 0 Å². The molecule has 0 spiro atoms. The smallest absolute Gasteiger partial charge is 0.235 e. The highest BCUT2D eigenvalue weighted by Gasteiger charge is 2.32. The molecule has 1 unspecified atom stereocenters. The predicted octanol–water partition coefficient (Wildman–Crippen LogP) is 4.50. The third-order valence-electron chi connectivity index (χ3n) is 3.16. The van der Waals surface area contributed by atoms with Gasteiger partial charge in [-0.3, -0.25) is 4.79 Å². The second-order valence-corrected chi connectivity index (χ2v) is 5.72. The third-order valence-corrected chi connectivity index (χ3v) is 3.89.